The monoisotopic (exact) mass is 437 g/mol. The number of methoxy groups -OCH3 is 1. The third-order valence-electron chi connectivity index (χ3n) is 4.30. The van der Waals surface area contributed by atoms with E-state index < -0.39 is 0 Å². The molecule has 1 aromatic heterocycles. The molecule has 4 rings (SSSR count). The van der Waals surface area contributed by atoms with Gasteiger partial charge < -0.3 is 14.5 Å². The Morgan fingerprint density at radius 2 is 1.90 bits per heavy atom. The lowest BCUT2D eigenvalue weighted by molar-refractivity contribution is 0.0977. The third kappa shape index (κ3) is 4.42. The number of thiocarbonyl (C=S) groups is 1. The first-order chi connectivity index (χ1) is 14.5. The zero-order valence-electron chi connectivity index (χ0n) is 15.8. The van der Waals surface area contributed by atoms with E-state index in [-0.39, 0.29) is 11.0 Å². The lowest BCUT2D eigenvalue weighted by Gasteiger charge is -2.10. The minimum atomic E-state index is -0.326. The van der Waals surface area contributed by atoms with Crippen molar-refractivity contribution in [2.75, 3.05) is 12.4 Å². The molecule has 0 atom stereocenters. The van der Waals surface area contributed by atoms with Crippen molar-refractivity contribution in [3.05, 3.63) is 77.3 Å². The van der Waals surface area contributed by atoms with Crippen LogP contribution in [0, 0.1) is 0 Å². The Kier molecular flexibility index (Phi) is 5.65. The van der Waals surface area contributed by atoms with Crippen LogP contribution in [0.15, 0.2) is 71.1 Å². The van der Waals surface area contributed by atoms with Crippen molar-refractivity contribution in [3.8, 4) is 17.2 Å². The van der Waals surface area contributed by atoms with Gasteiger partial charge in [-0.15, -0.1) is 0 Å². The number of rotatable bonds is 4. The van der Waals surface area contributed by atoms with E-state index in [4.69, 9.17) is 33.0 Å². The van der Waals surface area contributed by atoms with Gasteiger partial charge in [-0.3, -0.25) is 10.1 Å². The molecule has 0 saturated carbocycles. The molecule has 0 spiro atoms. The van der Waals surface area contributed by atoms with E-state index in [1.54, 1.807) is 31.4 Å². The van der Waals surface area contributed by atoms with E-state index in [9.17, 15) is 4.79 Å². The summed E-state index contributed by atoms with van der Waals surface area (Å²) >= 11 is 11.1. The van der Waals surface area contributed by atoms with Gasteiger partial charge in [-0.2, -0.15) is 0 Å². The molecule has 30 heavy (non-hydrogen) atoms. The molecule has 0 unspecified atom stereocenters. The van der Waals surface area contributed by atoms with E-state index in [0.717, 1.165) is 5.56 Å². The highest BCUT2D eigenvalue weighted by atomic mass is 35.5. The zero-order chi connectivity index (χ0) is 21.1. The predicted octanol–water partition coefficient (Wildman–Crippen LogP) is 5.28. The molecule has 0 bridgehead atoms. The quantitative estimate of drug-likeness (QED) is 0.423. The van der Waals surface area contributed by atoms with Gasteiger partial charge >= 0.3 is 0 Å². The van der Waals surface area contributed by atoms with Crippen LogP contribution in [0.5, 0.6) is 5.75 Å². The number of amides is 1. The Morgan fingerprint density at radius 3 is 2.67 bits per heavy atom. The lowest BCUT2D eigenvalue weighted by atomic mass is 10.2. The molecule has 4 aromatic rings. The largest absolute Gasteiger partial charge is 0.497 e. The number of ether oxygens (including phenoxy) is 1. The van der Waals surface area contributed by atoms with E-state index in [2.05, 4.69) is 15.6 Å². The number of carbonyl (C=O) groups excluding carboxylic acids is 1. The summed E-state index contributed by atoms with van der Waals surface area (Å²) in [4.78, 5) is 16.8. The lowest BCUT2D eigenvalue weighted by Crippen LogP contribution is -2.34. The van der Waals surface area contributed by atoms with Gasteiger partial charge in [0.15, 0.2) is 10.7 Å². The summed E-state index contributed by atoms with van der Waals surface area (Å²) in [5, 5.41) is 6.38. The molecule has 0 aliphatic carbocycles. The number of hydrogen-bond acceptors (Lipinski definition) is 5. The molecular formula is C22H16ClN3O3S. The second-order valence-electron chi connectivity index (χ2n) is 6.35. The molecule has 0 radical (unpaired) electrons. The van der Waals surface area contributed by atoms with Crippen molar-refractivity contribution >= 4 is 51.6 Å². The number of hydrogen-bond donors (Lipinski definition) is 2. The fourth-order valence-electron chi connectivity index (χ4n) is 2.83. The van der Waals surface area contributed by atoms with Gasteiger partial charge in [0.25, 0.3) is 5.91 Å². The molecule has 0 aliphatic rings. The van der Waals surface area contributed by atoms with Crippen molar-refractivity contribution in [2.45, 2.75) is 0 Å². The van der Waals surface area contributed by atoms with E-state index in [1.165, 1.54) is 0 Å². The topological polar surface area (TPSA) is 76.4 Å². The fraction of sp³-hybridized carbons (Fsp3) is 0.0455. The SMILES string of the molecule is COc1ccc2oc(-c3cccc(NC(=S)NC(=O)c4ccc(Cl)cc4)c3)nc2c1. The predicted molar refractivity (Wildman–Crippen MR) is 121 cm³/mol. The molecule has 2 N–H and O–H groups in total. The minimum Gasteiger partial charge on any atom is -0.497 e. The first kappa shape index (κ1) is 19.9. The van der Waals surface area contributed by atoms with E-state index in [0.29, 0.717) is 39.0 Å². The Balaban J connectivity index is 1.48. The average Bonchev–Trinajstić information content (AvgIpc) is 3.17. The van der Waals surface area contributed by atoms with Gasteiger partial charge in [-0.05, 0) is 66.8 Å². The van der Waals surface area contributed by atoms with Gasteiger partial charge in [-0.1, -0.05) is 17.7 Å². The number of benzene rings is 3. The molecular weight excluding hydrogens is 422 g/mol. The van der Waals surface area contributed by atoms with E-state index in [1.807, 2.05) is 42.5 Å². The first-order valence-corrected chi connectivity index (χ1v) is 9.73. The molecule has 1 amide bonds. The highest BCUT2D eigenvalue weighted by Gasteiger charge is 2.11. The maximum atomic E-state index is 12.3. The summed E-state index contributed by atoms with van der Waals surface area (Å²) in [5.41, 5.74) is 3.28. The molecule has 1 heterocycles. The van der Waals surface area contributed by atoms with Crippen LogP contribution in [0.25, 0.3) is 22.6 Å². The van der Waals surface area contributed by atoms with Crippen LogP contribution in [0.2, 0.25) is 5.02 Å². The van der Waals surface area contributed by atoms with Gasteiger partial charge in [0, 0.05) is 27.9 Å². The Hall–Kier alpha value is -3.42. The number of fused-ring (bicyclic) bond motifs is 1. The fourth-order valence-corrected chi connectivity index (χ4v) is 3.16. The second kappa shape index (κ2) is 8.52. The molecule has 0 fully saturated rings. The number of carbonyl (C=O) groups is 1. The van der Waals surface area contributed by atoms with Crippen molar-refractivity contribution in [3.63, 3.8) is 0 Å². The molecule has 6 nitrogen and oxygen atoms in total. The van der Waals surface area contributed by atoms with Crippen LogP contribution in [0.4, 0.5) is 5.69 Å². The average molecular weight is 438 g/mol. The van der Waals surface area contributed by atoms with E-state index >= 15 is 0 Å². The number of nitrogens with one attached hydrogen (secondary N) is 2. The summed E-state index contributed by atoms with van der Waals surface area (Å²) in [6, 6.07) is 19.4. The summed E-state index contributed by atoms with van der Waals surface area (Å²) in [6.07, 6.45) is 0. The number of oxazole rings is 1. The maximum absolute atomic E-state index is 12.3. The van der Waals surface area contributed by atoms with Crippen LogP contribution in [-0.4, -0.2) is 23.1 Å². The highest BCUT2D eigenvalue weighted by molar-refractivity contribution is 7.80. The number of halogens is 1. The van der Waals surface area contributed by atoms with Crippen LogP contribution in [0.1, 0.15) is 10.4 Å². The molecule has 3 aromatic carbocycles. The van der Waals surface area contributed by atoms with Gasteiger partial charge in [-0.25, -0.2) is 4.98 Å². The van der Waals surface area contributed by atoms with Crippen LogP contribution < -0.4 is 15.4 Å². The van der Waals surface area contributed by atoms with Crippen LogP contribution in [0.3, 0.4) is 0 Å². The Labute approximate surface area is 182 Å². The van der Waals surface area contributed by atoms with Gasteiger partial charge in [0.05, 0.1) is 7.11 Å². The Morgan fingerprint density at radius 1 is 1.10 bits per heavy atom. The van der Waals surface area contributed by atoms with Crippen molar-refractivity contribution in [2.24, 2.45) is 0 Å². The maximum Gasteiger partial charge on any atom is 0.257 e. The second-order valence-corrected chi connectivity index (χ2v) is 7.19. The minimum absolute atomic E-state index is 0.175. The summed E-state index contributed by atoms with van der Waals surface area (Å²) in [7, 11) is 1.60. The standard InChI is InChI=1S/C22H16ClN3O3S/c1-28-17-9-10-19-18(12-17)25-21(29-19)14-3-2-4-16(11-14)24-22(30)26-20(27)13-5-7-15(23)8-6-13/h2-12H,1H3,(H2,24,26,27,30). The number of aromatic nitrogens is 1. The molecule has 0 aliphatic heterocycles. The Bertz CT molecular complexity index is 1240. The van der Waals surface area contributed by atoms with Crippen molar-refractivity contribution in [1.29, 1.82) is 0 Å². The summed E-state index contributed by atoms with van der Waals surface area (Å²) in [6.45, 7) is 0. The third-order valence-corrected chi connectivity index (χ3v) is 4.75. The van der Waals surface area contributed by atoms with Gasteiger partial charge in [0.1, 0.15) is 11.3 Å². The zero-order valence-corrected chi connectivity index (χ0v) is 17.4. The van der Waals surface area contributed by atoms with Crippen LogP contribution >= 0.6 is 23.8 Å². The smallest absolute Gasteiger partial charge is 0.257 e. The molecule has 150 valence electrons. The van der Waals surface area contributed by atoms with Crippen LogP contribution in [-0.2, 0) is 0 Å². The van der Waals surface area contributed by atoms with Crippen molar-refractivity contribution < 1.29 is 13.9 Å². The summed E-state index contributed by atoms with van der Waals surface area (Å²) in [5.74, 6) is 0.853. The first-order valence-electron chi connectivity index (χ1n) is 8.95. The van der Waals surface area contributed by atoms with Gasteiger partial charge in [0.2, 0.25) is 5.89 Å². The number of nitrogens with zero attached hydrogens (tertiary/aromatic N) is 1. The van der Waals surface area contributed by atoms with Crippen molar-refractivity contribution in [1.82, 2.24) is 10.3 Å². The normalized spacial score (nSPS) is 10.6. The molecule has 8 heteroatoms. The highest BCUT2D eigenvalue weighted by Crippen LogP contribution is 2.28. The summed E-state index contributed by atoms with van der Waals surface area (Å²) < 4.78 is 11.1. The number of anilines is 1. The molecule has 0 saturated heterocycles.